The summed E-state index contributed by atoms with van der Waals surface area (Å²) < 4.78 is 0. The second-order valence-electron chi connectivity index (χ2n) is 6.32. The molecule has 1 saturated carbocycles. The maximum Gasteiger partial charge on any atom is 0.305 e. The van der Waals surface area contributed by atoms with E-state index >= 15 is 0 Å². The van der Waals surface area contributed by atoms with Crippen LogP contribution in [0.2, 0.25) is 0 Å². The molecule has 1 amide bonds. The first-order valence-corrected chi connectivity index (χ1v) is 7.64. The molecule has 1 atom stereocenters. The normalized spacial score (nSPS) is 20.2. The number of nitrogens with one attached hydrogen (secondary N) is 1. The fraction of sp³-hybridized carbons (Fsp3) is 0.867. The average Bonchev–Trinajstić information content (AvgIpc) is 2.63. The van der Waals surface area contributed by atoms with Gasteiger partial charge in [-0.15, -0.1) is 0 Å². The van der Waals surface area contributed by atoms with Gasteiger partial charge in [0.15, 0.2) is 0 Å². The molecule has 1 aliphatic rings. The van der Waals surface area contributed by atoms with Gasteiger partial charge in [-0.2, -0.15) is 0 Å². The largest absolute Gasteiger partial charge is 0.481 e. The number of carboxylic acids is 1. The van der Waals surface area contributed by atoms with E-state index in [9.17, 15) is 9.59 Å². The molecule has 0 aromatic heterocycles. The van der Waals surface area contributed by atoms with Crippen molar-refractivity contribution in [3.63, 3.8) is 0 Å². The van der Waals surface area contributed by atoms with Gasteiger partial charge in [0, 0.05) is 12.6 Å². The van der Waals surface area contributed by atoms with Crippen LogP contribution in [-0.4, -0.2) is 29.6 Å². The minimum Gasteiger partial charge on any atom is -0.481 e. The van der Waals surface area contributed by atoms with Gasteiger partial charge >= 0.3 is 5.97 Å². The Morgan fingerprint density at radius 3 is 2.15 bits per heavy atom. The van der Waals surface area contributed by atoms with Crippen molar-refractivity contribution >= 4 is 11.9 Å². The number of amides is 1. The highest BCUT2D eigenvalue weighted by Gasteiger charge is 2.38. The highest BCUT2D eigenvalue weighted by molar-refractivity contribution is 5.83. The minimum atomic E-state index is -0.883. The third-order valence-electron chi connectivity index (χ3n) is 4.45. The van der Waals surface area contributed by atoms with Crippen molar-refractivity contribution in [3.8, 4) is 0 Å². The van der Waals surface area contributed by atoms with Gasteiger partial charge in [-0.3, -0.25) is 9.59 Å². The van der Waals surface area contributed by atoms with Crippen LogP contribution in [0.1, 0.15) is 58.8 Å². The molecule has 1 aliphatic carbocycles. The molecule has 5 heteroatoms. The number of carbonyl (C=O) groups is 2. The average molecular weight is 284 g/mol. The highest BCUT2D eigenvalue weighted by atomic mass is 16.4. The molecule has 1 rings (SSSR count). The Hall–Kier alpha value is -1.10. The first-order chi connectivity index (χ1) is 9.41. The van der Waals surface area contributed by atoms with Crippen LogP contribution in [0.4, 0.5) is 0 Å². The maximum atomic E-state index is 12.6. The lowest BCUT2D eigenvalue weighted by molar-refractivity contribution is -0.138. The van der Waals surface area contributed by atoms with Gasteiger partial charge < -0.3 is 16.2 Å². The molecule has 0 aromatic carbocycles. The Kier molecular flexibility index (Phi) is 6.46. The standard InChI is InChI=1S/C15H28N2O3/c1-11(2)12(9-13(18)19)17-14(20)15(10-16)7-5-3-4-6-8-15/h11-12H,3-10,16H2,1-2H3,(H,17,20)(H,18,19). The fourth-order valence-corrected chi connectivity index (χ4v) is 2.89. The quantitative estimate of drug-likeness (QED) is 0.649. The van der Waals surface area contributed by atoms with E-state index in [0.29, 0.717) is 6.54 Å². The highest BCUT2D eigenvalue weighted by Crippen LogP contribution is 2.34. The summed E-state index contributed by atoms with van der Waals surface area (Å²) >= 11 is 0. The molecule has 1 fully saturated rings. The molecule has 0 saturated heterocycles. The van der Waals surface area contributed by atoms with Crippen molar-refractivity contribution in [2.75, 3.05) is 6.54 Å². The predicted molar refractivity (Wildman–Crippen MR) is 78.2 cm³/mol. The van der Waals surface area contributed by atoms with E-state index in [1.54, 1.807) is 0 Å². The van der Waals surface area contributed by atoms with Gasteiger partial charge in [-0.1, -0.05) is 39.5 Å². The molecule has 0 heterocycles. The summed E-state index contributed by atoms with van der Waals surface area (Å²) in [4.78, 5) is 23.5. The SMILES string of the molecule is CC(C)C(CC(=O)O)NC(=O)C1(CN)CCCCCC1. The van der Waals surface area contributed by atoms with Gasteiger partial charge in [-0.25, -0.2) is 0 Å². The molecule has 4 N–H and O–H groups in total. The lowest BCUT2D eigenvalue weighted by atomic mass is 9.79. The number of hydrogen-bond acceptors (Lipinski definition) is 3. The molecule has 1 unspecified atom stereocenters. The van der Waals surface area contributed by atoms with Gasteiger partial charge in [-0.05, 0) is 18.8 Å². The Morgan fingerprint density at radius 2 is 1.75 bits per heavy atom. The second-order valence-corrected chi connectivity index (χ2v) is 6.32. The van der Waals surface area contributed by atoms with Crippen LogP contribution in [0.25, 0.3) is 0 Å². The Labute approximate surface area is 121 Å². The second kappa shape index (κ2) is 7.62. The van der Waals surface area contributed by atoms with Crippen molar-refractivity contribution in [2.24, 2.45) is 17.1 Å². The third-order valence-corrected chi connectivity index (χ3v) is 4.45. The van der Waals surface area contributed by atoms with Gasteiger partial charge in [0.05, 0.1) is 11.8 Å². The molecular weight excluding hydrogens is 256 g/mol. The topological polar surface area (TPSA) is 92.4 Å². The monoisotopic (exact) mass is 284 g/mol. The molecule has 116 valence electrons. The van der Waals surface area contributed by atoms with Gasteiger partial charge in [0.1, 0.15) is 0 Å². The van der Waals surface area contributed by atoms with E-state index in [1.807, 2.05) is 13.8 Å². The van der Waals surface area contributed by atoms with Crippen molar-refractivity contribution in [1.29, 1.82) is 0 Å². The molecule has 0 bridgehead atoms. The van der Waals surface area contributed by atoms with Crippen LogP contribution in [0.5, 0.6) is 0 Å². The van der Waals surface area contributed by atoms with E-state index in [1.165, 1.54) is 0 Å². The van der Waals surface area contributed by atoms with Crippen LogP contribution in [-0.2, 0) is 9.59 Å². The van der Waals surface area contributed by atoms with Crippen molar-refractivity contribution < 1.29 is 14.7 Å². The summed E-state index contributed by atoms with van der Waals surface area (Å²) in [5.41, 5.74) is 5.39. The van der Waals surface area contributed by atoms with Crippen LogP contribution in [0, 0.1) is 11.3 Å². The van der Waals surface area contributed by atoms with Crippen LogP contribution >= 0.6 is 0 Å². The maximum absolute atomic E-state index is 12.6. The van der Waals surface area contributed by atoms with Crippen molar-refractivity contribution in [2.45, 2.75) is 64.8 Å². The predicted octanol–water partition coefficient (Wildman–Crippen LogP) is 1.90. The van der Waals surface area contributed by atoms with E-state index in [2.05, 4.69) is 5.32 Å². The Balaban J connectivity index is 2.76. The zero-order chi connectivity index (χ0) is 15.2. The van der Waals surface area contributed by atoms with Crippen molar-refractivity contribution in [1.82, 2.24) is 5.32 Å². The van der Waals surface area contributed by atoms with Gasteiger partial charge in [0.2, 0.25) is 5.91 Å². The first-order valence-electron chi connectivity index (χ1n) is 7.64. The number of carboxylic acid groups (broad SMARTS) is 1. The summed E-state index contributed by atoms with van der Waals surface area (Å²) in [6, 6.07) is -0.327. The molecule has 20 heavy (non-hydrogen) atoms. The molecule has 0 aliphatic heterocycles. The molecule has 0 spiro atoms. The summed E-state index contributed by atoms with van der Waals surface area (Å²) in [5.74, 6) is -0.843. The molecule has 0 aromatic rings. The summed E-state index contributed by atoms with van der Waals surface area (Å²) in [5, 5.41) is 11.9. The van der Waals surface area contributed by atoms with Gasteiger partial charge in [0.25, 0.3) is 0 Å². The zero-order valence-corrected chi connectivity index (χ0v) is 12.7. The number of hydrogen-bond donors (Lipinski definition) is 3. The summed E-state index contributed by atoms with van der Waals surface area (Å²) in [6.45, 7) is 4.20. The lowest BCUT2D eigenvalue weighted by Gasteiger charge is -2.33. The molecule has 0 radical (unpaired) electrons. The number of aliphatic carboxylic acids is 1. The number of rotatable bonds is 6. The Bertz CT molecular complexity index is 334. The summed E-state index contributed by atoms with van der Waals surface area (Å²) in [6.07, 6.45) is 5.94. The Morgan fingerprint density at radius 1 is 1.20 bits per heavy atom. The van der Waals surface area contributed by atoms with E-state index in [4.69, 9.17) is 10.8 Å². The molecular formula is C15H28N2O3. The van der Waals surface area contributed by atoms with E-state index in [-0.39, 0.29) is 24.3 Å². The van der Waals surface area contributed by atoms with Crippen molar-refractivity contribution in [3.05, 3.63) is 0 Å². The first kappa shape index (κ1) is 17.0. The number of carbonyl (C=O) groups excluding carboxylic acids is 1. The van der Waals surface area contributed by atoms with E-state index < -0.39 is 11.4 Å². The summed E-state index contributed by atoms with van der Waals surface area (Å²) in [7, 11) is 0. The van der Waals surface area contributed by atoms with Crippen LogP contribution in [0.3, 0.4) is 0 Å². The molecule has 5 nitrogen and oxygen atoms in total. The smallest absolute Gasteiger partial charge is 0.305 e. The van der Waals surface area contributed by atoms with Crippen LogP contribution in [0.15, 0.2) is 0 Å². The van der Waals surface area contributed by atoms with Crippen LogP contribution < -0.4 is 11.1 Å². The number of nitrogens with two attached hydrogens (primary N) is 1. The third kappa shape index (κ3) is 4.47. The minimum absolute atomic E-state index is 0.0376. The van der Waals surface area contributed by atoms with E-state index in [0.717, 1.165) is 38.5 Å². The zero-order valence-electron chi connectivity index (χ0n) is 12.7. The lowest BCUT2D eigenvalue weighted by Crippen LogP contribution is -2.51. The fourth-order valence-electron chi connectivity index (χ4n) is 2.89.